The number of amides is 1. The lowest BCUT2D eigenvalue weighted by Gasteiger charge is -2.14. The fourth-order valence-electron chi connectivity index (χ4n) is 2.89. The van der Waals surface area contributed by atoms with Crippen LogP contribution >= 0.6 is 0 Å². The topological polar surface area (TPSA) is 104 Å². The molecule has 0 bridgehead atoms. The van der Waals surface area contributed by atoms with Crippen LogP contribution in [0.15, 0.2) is 55.1 Å². The Kier molecular flexibility index (Phi) is 5.25. The minimum atomic E-state index is -0.805. The number of ether oxygens (including phenoxy) is 2. The van der Waals surface area contributed by atoms with Gasteiger partial charge in [-0.2, -0.15) is 5.10 Å². The fraction of sp³-hybridized carbons (Fsp3) is 0.190. The van der Waals surface area contributed by atoms with Crippen molar-refractivity contribution in [1.29, 1.82) is 0 Å². The van der Waals surface area contributed by atoms with E-state index in [0.717, 1.165) is 11.3 Å². The minimum Gasteiger partial charge on any atom is -0.494 e. The normalized spacial score (nSPS) is 11.8. The Labute approximate surface area is 172 Å². The van der Waals surface area contributed by atoms with Crippen LogP contribution in [0.4, 0.5) is 5.82 Å². The zero-order valence-corrected chi connectivity index (χ0v) is 16.7. The monoisotopic (exact) mass is 404 g/mol. The SMILES string of the molecule is COc1ccccc1-n1ncc2c(O[C@H](C)C(=O)Nc3ccc(C)cn3)ncnc21. The van der Waals surface area contributed by atoms with Crippen LogP contribution < -0.4 is 14.8 Å². The van der Waals surface area contributed by atoms with E-state index in [1.807, 2.05) is 37.3 Å². The maximum Gasteiger partial charge on any atom is 0.266 e. The summed E-state index contributed by atoms with van der Waals surface area (Å²) < 4.78 is 12.9. The van der Waals surface area contributed by atoms with Crippen LogP contribution in [0.3, 0.4) is 0 Å². The van der Waals surface area contributed by atoms with Crippen LogP contribution in [0.2, 0.25) is 0 Å². The van der Waals surface area contributed by atoms with Crippen molar-refractivity contribution in [1.82, 2.24) is 24.7 Å². The highest BCUT2D eigenvalue weighted by molar-refractivity contribution is 5.93. The smallest absolute Gasteiger partial charge is 0.266 e. The summed E-state index contributed by atoms with van der Waals surface area (Å²) in [6.07, 6.45) is 3.85. The third kappa shape index (κ3) is 3.77. The van der Waals surface area contributed by atoms with Gasteiger partial charge >= 0.3 is 0 Å². The molecule has 0 saturated heterocycles. The summed E-state index contributed by atoms with van der Waals surface area (Å²) in [4.78, 5) is 25.2. The number of rotatable bonds is 6. The van der Waals surface area contributed by atoms with Crippen LogP contribution in [0, 0.1) is 6.92 Å². The molecule has 4 aromatic rings. The van der Waals surface area contributed by atoms with E-state index in [1.165, 1.54) is 6.33 Å². The molecule has 1 N–H and O–H groups in total. The number of carbonyl (C=O) groups is 1. The van der Waals surface area contributed by atoms with Crippen molar-refractivity contribution < 1.29 is 14.3 Å². The van der Waals surface area contributed by atoms with E-state index in [2.05, 4.69) is 25.4 Å². The number of aromatic nitrogens is 5. The third-order valence-electron chi connectivity index (χ3n) is 4.46. The molecular weight excluding hydrogens is 384 g/mol. The summed E-state index contributed by atoms with van der Waals surface area (Å²) in [5.74, 6) is 1.04. The Morgan fingerprint density at radius 3 is 2.70 bits per heavy atom. The van der Waals surface area contributed by atoms with Crippen LogP contribution in [-0.2, 0) is 4.79 Å². The summed E-state index contributed by atoms with van der Waals surface area (Å²) in [5, 5.41) is 7.71. The van der Waals surface area contributed by atoms with Gasteiger partial charge in [0.1, 0.15) is 29.0 Å². The molecule has 0 radical (unpaired) electrons. The number of fused-ring (bicyclic) bond motifs is 1. The van der Waals surface area contributed by atoms with Crippen molar-refractivity contribution in [2.45, 2.75) is 20.0 Å². The highest BCUT2D eigenvalue weighted by Crippen LogP contribution is 2.28. The summed E-state index contributed by atoms with van der Waals surface area (Å²) in [5.41, 5.74) is 2.28. The quantitative estimate of drug-likeness (QED) is 0.527. The first kappa shape index (κ1) is 19.3. The van der Waals surface area contributed by atoms with Gasteiger partial charge in [0.2, 0.25) is 5.88 Å². The Morgan fingerprint density at radius 1 is 1.10 bits per heavy atom. The van der Waals surface area contributed by atoms with Gasteiger partial charge < -0.3 is 14.8 Å². The number of carbonyl (C=O) groups excluding carboxylic acids is 1. The van der Waals surface area contributed by atoms with Gasteiger partial charge in [0.25, 0.3) is 5.91 Å². The molecule has 0 spiro atoms. The zero-order valence-electron chi connectivity index (χ0n) is 16.7. The number of hydrogen-bond acceptors (Lipinski definition) is 7. The van der Waals surface area contributed by atoms with Crippen molar-refractivity contribution in [3.8, 4) is 17.3 Å². The number of methoxy groups -OCH3 is 1. The largest absolute Gasteiger partial charge is 0.494 e. The molecule has 0 saturated carbocycles. The molecule has 0 aliphatic rings. The van der Waals surface area contributed by atoms with Crippen molar-refractivity contribution in [3.05, 3.63) is 60.7 Å². The van der Waals surface area contributed by atoms with E-state index in [4.69, 9.17) is 9.47 Å². The average Bonchev–Trinajstić information content (AvgIpc) is 3.20. The first-order chi connectivity index (χ1) is 14.6. The predicted molar refractivity (Wildman–Crippen MR) is 111 cm³/mol. The number of anilines is 1. The molecule has 1 aromatic carbocycles. The lowest BCUT2D eigenvalue weighted by molar-refractivity contribution is -0.122. The van der Waals surface area contributed by atoms with Crippen LogP contribution in [0.1, 0.15) is 12.5 Å². The summed E-state index contributed by atoms with van der Waals surface area (Å²) in [7, 11) is 1.59. The molecule has 1 amide bonds. The van der Waals surface area contributed by atoms with Gasteiger partial charge in [-0.1, -0.05) is 18.2 Å². The summed E-state index contributed by atoms with van der Waals surface area (Å²) in [6.45, 7) is 3.57. The van der Waals surface area contributed by atoms with Crippen LogP contribution in [0.25, 0.3) is 16.7 Å². The van der Waals surface area contributed by atoms with Crippen LogP contribution in [-0.4, -0.2) is 43.9 Å². The fourth-order valence-corrected chi connectivity index (χ4v) is 2.89. The third-order valence-corrected chi connectivity index (χ3v) is 4.46. The molecule has 9 heteroatoms. The van der Waals surface area contributed by atoms with E-state index < -0.39 is 6.10 Å². The lowest BCUT2D eigenvalue weighted by atomic mass is 10.3. The number of benzene rings is 1. The summed E-state index contributed by atoms with van der Waals surface area (Å²) in [6, 6.07) is 11.1. The summed E-state index contributed by atoms with van der Waals surface area (Å²) >= 11 is 0. The first-order valence-electron chi connectivity index (χ1n) is 9.29. The second-order valence-corrected chi connectivity index (χ2v) is 6.61. The molecule has 9 nitrogen and oxygen atoms in total. The van der Waals surface area contributed by atoms with Crippen molar-refractivity contribution in [3.63, 3.8) is 0 Å². The lowest BCUT2D eigenvalue weighted by Crippen LogP contribution is -2.30. The second-order valence-electron chi connectivity index (χ2n) is 6.61. The zero-order chi connectivity index (χ0) is 21.1. The number of aryl methyl sites for hydroxylation is 1. The van der Waals surface area contributed by atoms with Gasteiger partial charge in [0, 0.05) is 6.20 Å². The van der Waals surface area contributed by atoms with Gasteiger partial charge in [-0.15, -0.1) is 0 Å². The van der Waals surface area contributed by atoms with E-state index in [-0.39, 0.29) is 11.8 Å². The highest BCUT2D eigenvalue weighted by atomic mass is 16.5. The Bertz CT molecular complexity index is 1190. The van der Waals surface area contributed by atoms with Gasteiger partial charge in [0.05, 0.1) is 13.3 Å². The first-order valence-corrected chi connectivity index (χ1v) is 9.29. The molecule has 0 fully saturated rings. The molecule has 30 heavy (non-hydrogen) atoms. The van der Waals surface area contributed by atoms with Crippen molar-refractivity contribution in [2.75, 3.05) is 12.4 Å². The maximum absolute atomic E-state index is 12.5. The number of para-hydroxylation sites is 2. The average molecular weight is 404 g/mol. The highest BCUT2D eigenvalue weighted by Gasteiger charge is 2.20. The molecule has 0 aliphatic heterocycles. The number of pyridine rings is 1. The standard InChI is InChI=1S/C21H20N6O3/c1-13-8-9-18(22-10-13)26-20(28)14(2)30-21-15-11-25-27(19(15)23-12-24-21)16-6-4-5-7-17(16)29-3/h4-12,14H,1-3H3,(H,22,26,28)/t14-/m1/s1. The van der Waals surface area contributed by atoms with E-state index in [0.29, 0.717) is 22.6 Å². The van der Waals surface area contributed by atoms with E-state index >= 15 is 0 Å². The Morgan fingerprint density at radius 2 is 1.93 bits per heavy atom. The predicted octanol–water partition coefficient (Wildman–Crippen LogP) is 2.93. The molecule has 0 unspecified atom stereocenters. The Hall–Kier alpha value is -4.01. The Balaban J connectivity index is 1.58. The maximum atomic E-state index is 12.5. The minimum absolute atomic E-state index is 0.265. The number of hydrogen-bond donors (Lipinski definition) is 1. The molecule has 0 aliphatic carbocycles. The molecule has 4 rings (SSSR count). The molecule has 3 aromatic heterocycles. The number of nitrogens with zero attached hydrogens (tertiary/aromatic N) is 5. The van der Waals surface area contributed by atoms with E-state index in [1.54, 1.807) is 37.2 Å². The van der Waals surface area contributed by atoms with Crippen molar-refractivity contribution >= 4 is 22.8 Å². The van der Waals surface area contributed by atoms with Gasteiger partial charge in [-0.25, -0.2) is 19.6 Å². The van der Waals surface area contributed by atoms with Crippen molar-refractivity contribution in [2.24, 2.45) is 0 Å². The molecular formula is C21H20N6O3. The van der Waals surface area contributed by atoms with Gasteiger partial charge in [0.15, 0.2) is 11.8 Å². The number of nitrogens with one attached hydrogen (secondary N) is 1. The van der Waals surface area contributed by atoms with Gasteiger partial charge in [-0.3, -0.25) is 4.79 Å². The van der Waals surface area contributed by atoms with Crippen LogP contribution in [0.5, 0.6) is 11.6 Å². The van der Waals surface area contributed by atoms with E-state index in [9.17, 15) is 4.79 Å². The molecule has 152 valence electrons. The molecule has 1 atom stereocenters. The second kappa shape index (κ2) is 8.16. The van der Waals surface area contributed by atoms with Gasteiger partial charge in [-0.05, 0) is 37.6 Å². The molecule has 3 heterocycles.